The van der Waals surface area contributed by atoms with Crippen molar-refractivity contribution in [3.63, 3.8) is 0 Å². The van der Waals surface area contributed by atoms with E-state index in [4.69, 9.17) is 0 Å². The Balaban J connectivity index is 0.00000484. The third-order valence-corrected chi connectivity index (χ3v) is 4.59. The molecule has 23 heavy (non-hydrogen) atoms. The lowest BCUT2D eigenvalue weighted by molar-refractivity contribution is -0.127. The van der Waals surface area contributed by atoms with Crippen molar-refractivity contribution in [1.82, 2.24) is 15.5 Å². The second-order valence-corrected chi connectivity index (χ2v) is 7.20. The van der Waals surface area contributed by atoms with E-state index in [9.17, 15) is 4.79 Å². The van der Waals surface area contributed by atoms with Crippen molar-refractivity contribution in [1.29, 1.82) is 0 Å². The lowest BCUT2D eigenvalue weighted by atomic mass is 9.78. The molecular weight excluding hydrogens is 403 g/mol. The fraction of sp³-hybridized carbons (Fsp3) is 0.882. The largest absolute Gasteiger partial charge is 0.356 e. The summed E-state index contributed by atoms with van der Waals surface area (Å²) in [7, 11) is 3.52. The zero-order chi connectivity index (χ0) is 16.6. The van der Waals surface area contributed by atoms with Gasteiger partial charge in [0, 0.05) is 27.2 Å². The van der Waals surface area contributed by atoms with Gasteiger partial charge in [-0.2, -0.15) is 0 Å². The molecule has 0 aromatic heterocycles. The van der Waals surface area contributed by atoms with Gasteiger partial charge in [0.25, 0.3) is 0 Å². The van der Waals surface area contributed by atoms with Crippen LogP contribution in [0.2, 0.25) is 0 Å². The monoisotopic (exact) mass is 438 g/mol. The number of hydrogen-bond acceptors (Lipinski definition) is 2. The Morgan fingerprint density at radius 2 is 1.83 bits per heavy atom. The van der Waals surface area contributed by atoms with Gasteiger partial charge in [-0.15, -0.1) is 24.0 Å². The number of nitrogens with one attached hydrogen (secondary N) is 2. The van der Waals surface area contributed by atoms with E-state index < -0.39 is 0 Å². The number of guanidine groups is 1. The fourth-order valence-corrected chi connectivity index (χ4v) is 2.87. The molecule has 0 aromatic carbocycles. The average molecular weight is 438 g/mol. The molecule has 0 aromatic rings. The number of aliphatic imine (C=N–C) groups is 1. The van der Waals surface area contributed by atoms with Crippen LogP contribution in [0.1, 0.15) is 52.9 Å². The quantitative estimate of drug-likeness (QED) is 0.365. The van der Waals surface area contributed by atoms with Crippen LogP contribution in [-0.4, -0.2) is 50.5 Å². The van der Waals surface area contributed by atoms with E-state index in [1.807, 2.05) is 0 Å². The number of nitrogens with zero attached hydrogens (tertiary/aromatic N) is 2. The van der Waals surface area contributed by atoms with Gasteiger partial charge in [0.1, 0.15) is 6.54 Å². The minimum Gasteiger partial charge on any atom is -0.356 e. The number of halogens is 1. The highest BCUT2D eigenvalue weighted by molar-refractivity contribution is 14.0. The summed E-state index contributed by atoms with van der Waals surface area (Å²) in [5, 5.41) is 6.73. The standard InChI is InChI=1S/C17H34N4O.HI/c1-6-11-18-16(19-12-15(22)21(4)5)20-13-17(2,3)14-9-7-8-10-14;/h14H,6-13H2,1-5H3,(H2,18,19,20);1H. The van der Waals surface area contributed by atoms with Crippen LogP contribution in [0, 0.1) is 11.3 Å². The topological polar surface area (TPSA) is 56.7 Å². The lowest BCUT2D eigenvalue weighted by Crippen LogP contribution is -2.44. The van der Waals surface area contributed by atoms with Gasteiger partial charge in [-0.1, -0.05) is 33.6 Å². The third kappa shape index (κ3) is 8.22. The van der Waals surface area contributed by atoms with Crippen LogP contribution in [0.5, 0.6) is 0 Å². The number of hydrogen-bond donors (Lipinski definition) is 2. The molecule has 0 heterocycles. The number of carbonyl (C=O) groups is 1. The maximum atomic E-state index is 11.7. The Kier molecular flexibility index (Phi) is 10.8. The molecule has 1 rings (SSSR count). The van der Waals surface area contributed by atoms with Crippen molar-refractivity contribution in [3.8, 4) is 0 Å². The Labute approximate surface area is 159 Å². The van der Waals surface area contributed by atoms with E-state index in [1.165, 1.54) is 25.7 Å². The van der Waals surface area contributed by atoms with E-state index in [0.717, 1.165) is 31.4 Å². The fourth-order valence-electron chi connectivity index (χ4n) is 2.87. The first-order valence-electron chi connectivity index (χ1n) is 8.59. The molecule has 136 valence electrons. The van der Waals surface area contributed by atoms with Crippen LogP contribution in [0.3, 0.4) is 0 Å². The third-order valence-electron chi connectivity index (χ3n) is 4.59. The van der Waals surface area contributed by atoms with Crippen molar-refractivity contribution < 1.29 is 4.79 Å². The van der Waals surface area contributed by atoms with E-state index in [0.29, 0.717) is 0 Å². The summed E-state index contributed by atoms with van der Waals surface area (Å²) >= 11 is 0. The van der Waals surface area contributed by atoms with Gasteiger partial charge >= 0.3 is 0 Å². The maximum Gasteiger partial charge on any atom is 0.243 e. The minimum absolute atomic E-state index is 0. The van der Waals surface area contributed by atoms with E-state index in [2.05, 4.69) is 36.4 Å². The SMILES string of the molecule is CCCNC(=NCC(=O)N(C)C)NCC(C)(C)C1CCCC1.I. The number of carbonyl (C=O) groups excluding carboxylic acids is 1. The molecule has 0 radical (unpaired) electrons. The molecule has 0 atom stereocenters. The molecule has 0 saturated heterocycles. The molecule has 1 aliphatic rings. The van der Waals surface area contributed by atoms with Crippen LogP contribution in [0.15, 0.2) is 4.99 Å². The number of amides is 1. The van der Waals surface area contributed by atoms with Gasteiger partial charge in [0.2, 0.25) is 5.91 Å². The molecule has 1 amide bonds. The van der Waals surface area contributed by atoms with Crippen LogP contribution in [0.25, 0.3) is 0 Å². The smallest absolute Gasteiger partial charge is 0.243 e. The van der Waals surface area contributed by atoms with Crippen molar-refractivity contribution in [3.05, 3.63) is 0 Å². The molecule has 0 spiro atoms. The Hall–Kier alpha value is -0.530. The van der Waals surface area contributed by atoms with Gasteiger partial charge in [-0.25, -0.2) is 4.99 Å². The molecule has 0 bridgehead atoms. The van der Waals surface area contributed by atoms with Crippen molar-refractivity contribution in [2.45, 2.75) is 52.9 Å². The predicted molar refractivity (Wildman–Crippen MR) is 108 cm³/mol. The molecule has 1 fully saturated rings. The summed E-state index contributed by atoms with van der Waals surface area (Å²) in [5.41, 5.74) is 0.261. The molecule has 1 aliphatic carbocycles. The summed E-state index contributed by atoms with van der Waals surface area (Å²) in [5.74, 6) is 1.56. The lowest BCUT2D eigenvalue weighted by Gasteiger charge is -2.32. The Morgan fingerprint density at radius 1 is 1.22 bits per heavy atom. The first kappa shape index (κ1) is 22.5. The molecular formula is C17H35IN4O. The van der Waals surface area contributed by atoms with E-state index in [1.54, 1.807) is 19.0 Å². The summed E-state index contributed by atoms with van der Waals surface area (Å²) in [6, 6.07) is 0. The predicted octanol–water partition coefficient (Wildman–Crippen LogP) is 2.85. The first-order valence-corrected chi connectivity index (χ1v) is 8.59. The first-order chi connectivity index (χ1) is 10.4. The van der Waals surface area contributed by atoms with Gasteiger partial charge in [-0.05, 0) is 30.6 Å². The molecule has 0 unspecified atom stereocenters. The highest BCUT2D eigenvalue weighted by atomic mass is 127. The zero-order valence-electron chi connectivity index (χ0n) is 15.4. The number of rotatable bonds is 7. The average Bonchev–Trinajstić information content (AvgIpc) is 3.01. The highest BCUT2D eigenvalue weighted by Crippen LogP contribution is 2.38. The molecule has 1 saturated carbocycles. The van der Waals surface area contributed by atoms with E-state index >= 15 is 0 Å². The maximum absolute atomic E-state index is 11.7. The van der Waals surface area contributed by atoms with Gasteiger partial charge < -0.3 is 15.5 Å². The van der Waals surface area contributed by atoms with Crippen LogP contribution in [0.4, 0.5) is 0 Å². The molecule has 0 aliphatic heterocycles. The minimum atomic E-state index is 0. The van der Waals surface area contributed by atoms with Crippen molar-refractivity contribution >= 4 is 35.8 Å². The normalized spacial score (nSPS) is 16.0. The van der Waals surface area contributed by atoms with Gasteiger partial charge in [0.15, 0.2) is 5.96 Å². The van der Waals surface area contributed by atoms with Crippen LogP contribution >= 0.6 is 24.0 Å². The van der Waals surface area contributed by atoms with Gasteiger partial charge in [0.05, 0.1) is 0 Å². The van der Waals surface area contributed by atoms with Gasteiger partial charge in [-0.3, -0.25) is 4.79 Å². The van der Waals surface area contributed by atoms with Crippen LogP contribution in [-0.2, 0) is 4.79 Å². The van der Waals surface area contributed by atoms with Crippen molar-refractivity contribution in [2.75, 3.05) is 33.7 Å². The number of likely N-dealkylation sites (N-methyl/N-ethyl adjacent to an activating group) is 1. The highest BCUT2D eigenvalue weighted by Gasteiger charge is 2.31. The second kappa shape index (κ2) is 11.1. The summed E-state index contributed by atoms with van der Waals surface area (Å²) in [6.45, 7) is 8.74. The Morgan fingerprint density at radius 3 is 2.35 bits per heavy atom. The van der Waals surface area contributed by atoms with Crippen molar-refractivity contribution in [2.24, 2.45) is 16.3 Å². The Bertz CT molecular complexity index is 377. The molecule has 5 nitrogen and oxygen atoms in total. The molecule has 6 heteroatoms. The summed E-state index contributed by atoms with van der Waals surface area (Å²) < 4.78 is 0. The summed E-state index contributed by atoms with van der Waals surface area (Å²) in [4.78, 5) is 17.7. The van der Waals surface area contributed by atoms with E-state index in [-0.39, 0.29) is 41.8 Å². The second-order valence-electron chi connectivity index (χ2n) is 7.20. The summed E-state index contributed by atoms with van der Waals surface area (Å²) in [6.07, 6.45) is 6.43. The molecule has 2 N–H and O–H groups in total. The van der Waals surface area contributed by atoms with Crippen LogP contribution < -0.4 is 10.6 Å². The zero-order valence-corrected chi connectivity index (χ0v) is 17.8.